The van der Waals surface area contributed by atoms with Crippen LogP contribution >= 0.6 is 0 Å². The van der Waals surface area contributed by atoms with E-state index in [1.807, 2.05) is 13.0 Å². The van der Waals surface area contributed by atoms with Gasteiger partial charge in [-0.05, 0) is 13.3 Å². The van der Waals surface area contributed by atoms with E-state index in [2.05, 4.69) is 15.2 Å². The van der Waals surface area contributed by atoms with Gasteiger partial charge in [-0.3, -0.25) is 14.5 Å². The van der Waals surface area contributed by atoms with Crippen molar-refractivity contribution in [2.45, 2.75) is 25.9 Å². The third kappa shape index (κ3) is 2.16. The second-order valence-corrected chi connectivity index (χ2v) is 4.98. The zero-order chi connectivity index (χ0) is 15.1. The molecule has 0 aromatic carbocycles. The molecule has 3 rings (SSSR count). The van der Waals surface area contributed by atoms with Crippen molar-refractivity contribution >= 4 is 17.6 Å². The minimum absolute atomic E-state index is 0.0942. The summed E-state index contributed by atoms with van der Waals surface area (Å²) in [6.45, 7) is 2.46. The Morgan fingerprint density at radius 3 is 2.86 bits per heavy atom. The second-order valence-electron chi connectivity index (χ2n) is 4.98. The van der Waals surface area contributed by atoms with Crippen LogP contribution in [0.4, 0.5) is 5.82 Å². The van der Waals surface area contributed by atoms with E-state index in [4.69, 9.17) is 5.73 Å². The first-order chi connectivity index (χ1) is 9.97. The number of nitrogens with two attached hydrogens (primary N) is 1. The molecule has 0 spiro atoms. The van der Waals surface area contributed by atoms with E-state index in [-0.39, 0.29) is 11.7 Å². The fourth-order valence-electron chi connectivity index (χ4n) is 2.45. The molecule has 0 fully saturated rings. The molecule has 21 heavy (non-hydrogen) atoms. The highest BCUT2D eigenvalue weighted by atomic mass is 16.2. The Labute approximate surface area is 120 Å². The highest BCUT2D eigenvalue weighted by molar-refractivity contribution is 5.95. The lowest BCUT2D eigenvalue weighted by Crippen LogP contribution is -2.34. The smallest absolute Gasteiger partial charge is 0.288 e. The van der Waals surface area contributed by atoms with E-state index in [9.17, 15) is 9.59 Å². The molecule has 2 aromatic heterocycles. The van der Waals surface area contributed by atoms with Crippen LogP contribution in [-0.4, -0.2) is 43.4 Å². The van der Waals surface area contributed by atoms with Gasteiger partial charge in [0.1, 0.15) is 18.2 Å². The van der Waals surface area contributed by atoms with Gasteiger partial charge >= 0.3 is 0 Å². The minimum Gasteiger partial charge on any atom is -0.363 e. The highest BCUT2D eigenvalue weighted by Gasteiger charge is 2.31. The van der Waals surface area contributed by atoms with Crippen LogP contribution in [0.2, 0.25) is 0 Å². The lowest BCUT2D eigenvalue weighted by molar-refractivity contribution is -0.121. The molecule has 1 aliphatic heterocycles. The van der Waals surface area contributed by atoms with Crippen molar-refractivity contribution in [1.29, 1.82) is 0 Å². The Balaban J connectivity index is 1.93. The summed E-state index contributed by atoms with van der Waals surface area (Å²) in [6, 6.07) is 1.33. The quantitative estimate of drug-likeness (QED) is 0.800. The van der Waals surface area contributed by atoms with Crippen LogP contribution in [0.15, 0.2) is 12.4 Å². The van der Waals surface area contributed by atoms with Gasteiger partial charge in [-0.25, -0.2) is 14.3 Å². The van der Waals surface area contributed by atoms with Crippen LogP contribution in [0.3, 0.4) is 0 Å². The van der Waals surface area contributed by atoms with E-state index in [1.54, 1.807) is 16.6 Å². The SMILES string of the molecule is Cc1cc2n(n1)CC[C@H](n1cnc(C(N)=O)n1)C(=O)N2C. The summed E-state index contributed by atoms with van der Waals surface area (Å²) < 4.78 is 3.18. The molecule has 2 N–H and O–H groups in total. The number of carbonyl (C=O) groups is 2. The van der Waals surface area contributed by atoms with Crippen LogP contribution in [0.25, 0.3) is 0 Å². The van der Waals surface area contributed by atoms with Gasteiger partial charge in [0.15, 0.2) is 0 Å². The number of anilines is 1. The number of nitrogens with zero attached hydrogens (tertiary/aromatic N) is 6. The molecule has 110 valence electrons. The molecule has 0 bridgehead atoms. The fourth-order valence-corrected chi connectivity index (χ4v) is 2.45. The van der Waals surface area contributed by atoms with Gasteiger partial charge in [0.05, 0.1) is 5.69 Å². The van der Waals surface area contributed by atoms with Crippen molar-refractivity contribution < 1.29 is 9.59 Å². The molecule has 9 nitrogen and oxygen atoms in total. The number of hydrogen-bond donors (Lipinski definition) is 1. The summed E-state index contributed by atoms with van der Waals surface area (Å²) >= 11 is 0. The first-order valence-corrected chi connectivity index (χ1v) is 6.50. The molecule has 0 saturated heterocycles. The predicted octanol–water partition coefficient (Wildman–Crippen LogP) is -0.510. The number of fused-ring (bicyclic) bond motifs is 1. The summed E-state index contributed by atoms with van der Waals surface area (Å²) in [4.78, 5) is 29.0. The van der Waals surface area contributed by atoms with Gasteiger partial charge in [0.2, 0.25) is 5.82 Å². The normalized spacial score (nSPS) is 18.5. The maximum absolute atomic E-state index is 12.6. The summed E-state index contributed by atoms with van der Waals surface area (Å²) in [6.07, 6.45) is 1.87. The van der Waals surface area contributed by atoms with Crippen molar-refractivity contribution in [3.63, 3.8) is 0 Å². The van der Waals surface area contributed by atoms with Crippen LogP contribution in [-0.2, 0) is 11.3 Å². The standard InChI is InChI=1S/C12H15N7O2/c1-7-5-9-17(2)12(21)8(3-4-18(9)15-7)19-6-14-11(16-19)10(13)20/h5-6,8H,3-4H2,1-2H3,(H2,13,20)/t8-/m0/s1. The molecule has 2 aromatic rings. The van der Waals surface area contributed by atoms with Crippen LogP contribution < -0.4 is 10.6 Å². The van der Waals surface area contributed by atoms with Crippen molar-refractivity contribution in [2.75, 3.05) is 11.9 Å². The summed E-state index contributed by atoms with van der Waals surface area (Å²) in [5, 5.41) is 8.34. The number of hydrogen-bond acceptors (Lipinski definition) is 5. The van der Waals surface area contributed by atoms with Gasteiger partial charge < -0.3 is 5.73 Å². The molecular weight excluding hydrogens is 274 g/mol. The molecule has 1 atom stereocenters. The van der Waals surface area contributed by atoms with Gasteiger partial charge in [-0.15, -0.1) is 5.10 Å². The van der Waals surface area contributed by atoms with Crippen LogP contribution in [0, 0.1) is 6.92 Å². The number of aromatic nitrogens is 5. The molecule has 0 aliphatic carbocycles. The lowest BCUT2D eigenvalue weighted by atomic mass is 10.2. The number of carbonyl (C=O) groups excluding carboxylic acids is 2. The molecule has 1 aliphatic rings. The molecule has 9 heteroatoms. The summed E-state index contributed by atoms with van der Waals surface area (Å²) in [5.74, 6) is -0.195. The van der Waals surface area contributed by atoms with E-state index in [0.717, 1.165) is 11.5 Å². The van der Waals surface area contributed by atoms with Crippen molar-refractivity contribution in [3.05, 3.63) is 23.9 Å². The van der Waals surface area contributed by atoms with E-state index >= 15 is 0 Å². The maximum atomic E-state index is 12.6. The van der Waals surface area contributed by atoms with Crippen molar-refractivity contribution in [2.24, 2.45) is 5.73 Å². The largest absolute Gasteiger partial charge is 0.363 e. The average Bonchev–Trinajstić information content (AvgIpc) is 3.03. The number of aryl methyl sites for hydroxylation is 2. The first-order valence-electron chi connectivity index (χ1n) is 6.50. The Bertz CT molecular complexity index is 717. The number of amides is 2. The highest BCUT2D eigenvalue weighted by Crippen LogP contribution is 2.25. The predicted molar refractivity (Wildman–Crippen MR) is 72.6 cm³/mol. The molecule has 2 amide bonds. The molecule has 3 heterocycles. The van der Waals surface area contributed by atoms with Crippen molar-refractivity contribution in [1.82, 2.24) is 24.5 Å². The number of likely N-dealkylation sites (N-methyl/N-ethyl adjacent to an activating group) is 1. The lowest BCUT2D eigenvalue weighted by Gasteiger charge is -2.19. The molecule has 0 radical (unpaired) electrons. The molecular formula is C12H15N7O2. The van der Waals surface area contributed by atoms with E-state index in [1.165, 1.54) is 11.0 Å². The number of primary amides is 1. The Morgan fingerprint density at radius 2 is 2.19 bits per heavy atom. The molecule has 0 saturated carbocycles. The second kappa shape index (κ2) is 4.69. The van der Waals surface area contributed by atoms with Gasteiger partial charge in [0.25, 0.3) is 11.8 Å². The van der Waals surface area contributed by atoms with Crippen LogP contribution in [0.5, 0.6) is 0 Å². The summed E-state index contributed by atoms with van der Waals surface area (Å²) in [5.41, 5.74) is 5.99. The van der Waals surface area contributed by atoms with Gasteiger partial charge in [0, 0.05) is 19.7 Å². The fraction of sp³-hybridized carbons (Fsp3) is 0.417. The third-order valence-electron chi connectivity index (χ3n) is 3.50. The zero-order valence-electron chi connectivity index (χ0n) is 11.7. The zero-order valence-corrected chi connectivity index (χ0v) is 11.7. The molecule has 0 unspecified atom stereocenters. The van der Waals surface area contributed by atoms with Crippen LogP contribution in [0.1, 0.15) is 28.8 Å². The first kappa shape index (κ1) is 13.3. The van der Waals surface area contributed by atoms with Gasteiger partial charge in [-0.2, -0.15) is 5.10 Å². The topological polar surface area (TPSA) is 112 Å². The Morgan fingerprint density at radius 1 is 1.43 bits per heavy atom. The number of rotatable bonds is 2. The van der Waals surface area contributed by atoms with Crippen molar-refractivity contribution in [3.8, 4) is 0 Å². The third-order valence-corrected chi connectivity index (χ3v) is 3.50. The van der Waals surface area contributed by atoms with Gasteiger partial charge in [-0.1, -0.05) is 0 Å². The summed E-state index contributed by atoms with van der Waals surface area (Å²) in [7, 11) is 1.69. The van der Waals surface area contributed by atoms with E-state index < -0.39 is 11.9 Å². The monoisotopic (exact) mass is 289 g/mol. The van der Waals surface area contributed by atoms with E-state index in [0.29, 0.717) is 13.0 Å². The Hall–Kier alpha value is -2.71. The maximum Gasteiger partial charge on any atom is 0.288 e. The Kier molecular flexibility index (Phi) is 2.96. The average molecular weight is 289 g/mol. The minimum atomic E-state index is -0.716.